The highest BCUT2D eigenvalue weighted by molar-refractivity contribution is 7.87. The number of rotatable bonds is 11. The van der Waals surface area contributed by atoms with Crippen LogP contribution in [-0.2, 0) is 23.1 Å². The van der Waals surface area contributed by atoms with Crippen molar-refractivity contribution in [2.75, 3.05) is 5.75 Å². The van der Waals surface area contributed by atoms with Crippen molar-refractivity contribution < 1.29 is 17.4 Å². The van der Waals surface area contributed by atoms with E-state index in [9.17, 15) is 13.2 Å². The van der Waals surface area contributed by atoms with E-state index >= 15 is 0 Å². The van der Waals surface area contributed by atoms with Gasteiger partial charge in [0.15, 0.2) is 0 Å². The number of amides is 1. The first-order valence-corrected chi connectivity index (χ1v) is 12.3. The van der Waals surface area contributed by atoms with Crippen molar-refractivity contribution in [3.05, 3.63) is 65.2 Å². The van der Waals surface area contributed by atoms with Gasteiger partial charge >= 0.3 is 10.1 Å². The maximum atomic E-state index is 13.2. The molecule has 0 saturated heterocycles. The third-order valence-corrected chi connectivity index (χ3v) is 6.39. The van der Waals surface area contributed by atoms with E-state index in [1.807, 2.05) is 49.1 Å². The molecule has 0 aliphatic heterocycles. The smallest absolute Gasteiger partial charge is 0.308 e. The van der Waals surface area contributed by atoms with E-state index in [0.717, 1.165) is 31.2 Å². The second kappa shape index (κ2) is 11.2. The summed E-state index contributed by atoms with van der Waals surface area (Å²) in [6.45, 7) is 8.16. The van der Waals surface area contributed by atoms with Gasteiger partial charge in [0.1, 0.15) is 5.75 Å². The molecule has 2 aromatic rings. The van der Waals surface area contributed by atoms with Crippen molar-refractivity contribution in [1.82, 2.24) is 4.90 Å². The molecule has 2 rings (SSSR count). The standard InChI is InChI=1S/C24H33NO4S/c1-5-8-10-20-13-15-22(16-14-20)24(26)25(19(4)6-2)18-21-11-9-12-23(17-21)29-30(27,28)7-3/h9,11-17,19H,5-8,10,18H2,1-4H3/t19-/m0/s1. The molecule has 0 heterocycles. The Labute approximate surface area is 181 Å². The molecule has 1 atom stereocenters. The maximum Gasteiger partial charge on any atom is 0.308 e. The molecule has 0 N–H and O–H groups in total. The Bertz CT molecular complexity index is 922. The zero-order valence-corrected chi connectivity index (χ0v) is 19.2. The van der Waals surface area contributed by atoms with Crippen LogP contribution in [0.1, 0.15) is 68.4 Å². The molecule has 2 aromatic carbocycles. The van der Waals surface area contributed by atoms with Crippen molar-refractivity contribution in [3.8, 4) is 5.75 Å². The quantitative estimate of drug-likeness (QED) is 0.459. The lowest BCUT2D eigenvalue weighted by molar-refractivity contribution is 0.0671. The second-order valence-electron chi connectivity index (χ2n) is 7.57. The van der Waals surface area contributed by atoms with Gasteiger partial charge in [0.05, 0.1) is 5.75 Å². The number of hydrogen-bond donors (Lipinski definition) is 0. The number of hydrogen-bond acceptors (Lipinski definition) is 4. The lowest BCUT2D eigenvalue weighted by Gasteiger charge is -2.29. The molecular weight excluding hydrogens is 398 g/mol. The number of carbonyl (C=O) groups is 1. The van der Waals surface area contributed by atoms with Crippen molar-refractivity contribution in [3.63, 3.8) is 0 Å². The van der Waals surface area contributed by atoms with Crippen LogP contribution >= 0.6 is 0 Å². The third-order valence-electron chi connectivity index (χ3n) is 5.23. The summed E-state index contributed by atoms with van der Waals surface area (Å²) in [5.41, 5.74) is 2.73. The van der Waals surface area contributed by atoms with E-state index in [0.29, 0.717) is 12.1 Å². The number of carbonyl (C=O) groups excluding carboxylic acids is 1. The Balaban J connectivity index is 2.21. The van der Waals surface area contributed by atoms with E-state index in [4.69, 9.17) is 4.18 Å². The molecule has 0 radical (unpaired) electrons. The zero-order chi connectivity index (χ0) is 22.1. The highest BCUT2D eigenvalue weighted by Crippen LogP contribution is 2.20. The summed E-state index contributed by atoms with van der Waals surface area (Å²) in [6, 6.07) is 14.8. The van der Waals surface area contributed by atoms with Crippen LogP contribution in [0.15, 0.2) is 48.5 Å². The minimum atomic E-state index is -3.59. The van der Waals surface area contributed by atoms with E-state index in [1.165, 1.54) is 12.5 Å². The summed E-state index contributed by atoms with van der Waals surface area (Å²) in [5, 5.41) is 0. The van der Waals surface area contributed by atoms with Gasteiger partial charge < -0.3 is 9.08 Å². The predicted octanol–water partition coefficient (Wildman–Crippen LogP) is 5.20. The number of nitrogens with zero attached hydrogens (tertiary/aromatic N) is 1. The summed E-state index contributed by atoms with van der Waals surface area (Å²) in [5.74, 6) is 0.147. The van der Waals surface area contributed by atoms with Crippen molar-refractivity contribution in [2.45, 2.75) is 66.0 Å². The summed E-state index contributed by atoms with van der Waals surface area (Å²) in [4.78, 5) is 15.1. The topological polar surface area (TPSA) is 63.7 Å². The van der Waals surface area contributed by atoms with Crippen LogP contribution in [0.25, 0.3) is 0 Å². The molecule has 5 nitrogen and oxygen atoms in total. The monoisotopic (exact) mass is 431 g/mol. The average Bonchev–Trinajstić information content (AvgIpc) is 2.75. The molecule has 0 aliphatic rings. The molecule has 164 valence electrons. The minimum absolute atomic E-state index is 0.0288. The maximum absolute atomic E-state index is 13.2. The molecule has 0 saturated carbocycles. The Hall–Kier alpha value is -2.34. The van der Waals surface area contributed by atoms with Gasteiger partial charge in [-0.25, -0.2) is 0 Å². The molecule has 0 bridgehead atoms. The summed E-state index contributed by atoms with van der Waals surface area (Å²) in [6.07, 6.45) is 4.12. The van der Waals surface area contributed by atoms with E-state index in [2.05, 4.69) is 6.92 Å². The van der Waals surface area contributed by atoms with Crippen LogP contribution in [0.3, 0.4) is 0 Å². The molecular formula is C24H33NO4S. The summed E-state index contributed by atoms with van der Waals surface area (Å²) >= 11 is 0. The number of aryl methyl sites for hydroxylation is 1. The highest BCUT2D eigenvalue weighted by atomic mass is 32.2. The second-order valence-corrected chi connectivity index (χ2v) is 9.43. The SMILES string of the molecule is CCCCc1ccc(C(=O)N(Cc2cccc(OS(=O)(=O)CC)c2)[C@@H](C)CC)cc1. The molecule has 1 amide bonds. The van der Waals surface area contributed by atoms with E-state index in [-0.39, 0.29) is 23.5 Å². The Morgan fingerprint density at radius 3 is 2.33 bits per heavy atom. The predicted molar refractivity (Wildman–Crippen MR) is 121 cm³/mol. The van der Waals surface area contributed by atoms with Gasteiger partial charge in [0.25, 0.3) is 5.91 Å². The van der Waals surface area contributed by atoms with Gasteiger partial charge in [-0.15, -0.1) is 0 Å². The van der Waals surface area contributed by atoms with Crippen molar-refractivity contribution in [1.29, 1.82) is 0 Å². The Kier molecular flexibility index (Phi) is 8.90. The molecule has 0 spiro atoms. The van der Waals surface area contributed by atoms with Gasteiger partial charge in [-0.2, -0.15) is 8.42 Å². The van der Waals surface area contributed by atoms with Crippen LogP contribution in [0, 0.1) is 0 Å². The van der Waals surface area contributed by atoms with Crippen LogP contribution in [0.2, 0.25) is 0 Å². The number of benzene rings is 2. The third kappa shape index (κ3) is 6.87. The van der Waals surface area contributed by atoms with E-state index < -0.39 is 10.1 Å². The first-order chi connectivity index (χ1) is 14.3. The highest BCUT2D eigenvalue weighted by Gasteiger charge is 2.21. The van der Waals surface area contributed by atoms with Gasteiger partial charge in [0.2, 0.25) is 0 Å². The molecule has 0 aliphatic carbocycles. The van der Waals surface area contributed by atoms with Crippen LogP contribution in [-0.4, -0.2) is 31.0 Å². The fourth-order valence-corrected chi connectivity index (χ4v) is 3.62. The van der Waals surface area contributed by atoms with Gasteiger partial charge in [-0.05, 0) is 68.5 Å². The Morgan fingerprint density at radius 1 is 1.03 bits per heavy atom. The zero-order valence-electron chi connectivity index (χ0n) is 18.4. The molecule has 0 aromatic heterocycles. The fourth-order valence-electron chi connectivity index (χ4n) is 3.11. The molecule has 0 fully saturated rings. The van der Waals surface area contributed by atoms with Gasteiger partial charge in [0, 0.05) is 18.2 Å². The van der Waals surface area contributed by atoms with Crippen molar-refractivity contribution >= 4 is 16.0 Å². The summed E-state index contributed by atoms with van der Waals surface area (Å²) in [7, 11) is -3.59. The lowest BCUT2D eigenvalue weighted by Crippen LogP contribution is -2.37. The lowest BCUT2D eigenvalue weighted by atomic mass is 10.0. The molecule has 6 heteroatoms. The fraction of sp³-hybridized carbons (Fsp3) is 0.458. The van der Waals surface area contributed by atoms with Crippen LogP contribution in [0.4, 0.5) is 0 Å². The van der Waals surface area contributed by atoms with Gasteiger partial charge in [-0.1, -0.05) is 44.5 Å². The molecule has 0 unspecified atom stereocenters. The van der Waals surface area contributed by atoms with Gasteiger partial charge in [-0.3, -0.25) is 4.79 Å². The number of unbranched alkanes of at least 4 members (excludes halogenated alkanes) is 1. The first-order valence-electron chi connectivity index (χ1n) is 10.7. The van der Waals surface area contributed by atoms with Crippen molar-refractivity contribution in [2.24, 2.45) is 0 Å². The van der Waals surface area contributed by atoms with Crippen LogP contribution < -0.4 is 4.18 Å². The van der Waals surface area contributed by atoms with Crippen LogP contribution in [0.5, 0.6) is 5.75 Å². The summed E-state index contributed by atoms with van der Waals surface area (Å²) < 4.78 is 28.6. The normalized spacial score (nSPS) is 12.4. The largest absolute Gasteiger partial charge is 0.382 e. The minimum Gasteiger partial charge on any atom is -0.382 e. The molecule has 30 heavy (non-hydrogen) atoms. The average molecular weight is 432 g/mol. The first kappa shape index (κ1) is 23.9. The Morgan fingerprint density at radius 2 is 1.73 bits per heavy atom. The van der Waals surface area contributed by atoms with E-state index in [1.54, 1.807) is 18.2 Å².